The van der Waals surface area contributed by atoms with E-state index < -0.39 is 0 Å². The maximum Gasteiger partial charge on any atom is 0.0703 e. The minimum Gasteiger partial charge on any atom is -0.363 e. The van der Waals surface area contributed by atoms with Gasteiger partial charge in [0.1, 0.15) is 0 Å². The minimum absolute atomic E-state index is 0.189. The molecule has 0 saturated carbocycles. The molecule has 3 heteroatoms. The van der Waals surface area contributed by atoms with Gasteiger partial charge in [0.25, 0.3) is 0 Å². The average molecular weight is 263 g/mol. The summed E-state index contributed by atoms with van der Waals surface area (Å²) in [5.41, 5.74) is 11.2. The van der Waals surface area contributed by atoms with E-state index in [0.29, 0.717) is 0 Å². The second-order valence-corrected chi connectivity index (χ2v) is 5.56. The third kappa shape index (κ3) is 1.91. The highest BCUT2D eigenvalue weighted by Crippen LogP contribution is 2.31. The van der Waals surface area contributed by atoms with Crippen molar-refractivity contribution < 1.29 is 0 Å². The fourth-order valence-electron chi connectivity index (χ4n) is 3.07. The summed E-state index contributed by atoms with van der Waals surface area (Å²) in [5.74, 6) is 0. The van der Waals surface area contributed by atoms with Crippen LogP contribution < -0.4 is 10.6 Å². The lowest BCUT2D eigenvalue weighted by Gasteiger charge is -2.17. The number of anilines is 1. The van der Waals surface area contributed by atoms with Crippen molar-refractivity contribution in [3.8, 4) is 0 Å². The van der Waals surface area contributed by atoms with E-state index >= 15 is 0 Å². The summed E-state index contributed by atoms with van der Waals surface area (Å²) in [4.78, 5) is 6.78. The summed E-state index contributed by atoms with van der Waals surface area (Å²) in [6.45, 7) is 1.95. The monoisotopic (exact) mass is 263 g/mol. The van der Waals surface area contributed by atoms with Gasteiger partial charge in [-0.1, -0.05) is 18.2 Å². The Labute approximate surface area is 118 Å². The molecular formula is C17H17N3. The smallest absolute Gasteiger partial charge is 0.0703 e. The van der Waals surface area contributed by atoms with Crippen LogP contribution in [0.25, 0.3) is 10.9 Å². The van der Waals surface area contributed by atoms with Gasteiger partial charge in [0.05, 0.1) is 5.52 Å². The Morgan fingerprint density at radius 2 is 2.05 bits per heavy atom. The molecule has 20 heavy (non-hydrogen) atoms. The molecule has 1 aliphatic carbocycles. The topological polar surface area (TPSA) is 42.1 Å². The van der Waals surface area contributed by atoms with Gasteiger partial charge in [-0.25, -0.2) is 0 Å². The molecule has 2 aromatic rings. The zero-order valence-corrected chi connectivity index (χ0v) is 11.3. The molecule has 0 bridgehead atoms. The van der Waals surface area contributed by atoms with E-state index in [2.05, 4.69) is 46.3 Å². The molecule has 1 atom stereocenters. The van der Waals surface area contributed by atoms with Crippen LogP contribution in [-0.2, 0) is 0 Å². The van der Waals surface area contributed by atoms with Crippen LogP contribution in [0.5, 0.6) is 0 Å². The van der Waals surface area contributed by atoms with Gasteiger partial charge >= 0.3 is 0 Å². The SMILES string of the molecule is NC1C=C2CN(c3ccc4ncccc4c3)CC2=CC1. The third-order valence-corrected chi connectivity index (χ3v) is 4.14. The first-order valence-corrected chi connectivity index (χ1v) is 7.05. The number of rotatable bonds is 1. The van der Waals surface area contributed by atoms with Gasteiger partial charge in [-0.05, 0) is 41.8 Å². The molecule has 3 nitrogen and oxygen atoms in total. The summed E-state index contributed by atoms with van der Waals surface area (Å²) < 4.78 is 0. The minimum atomic E-state index is 0.189. The summed E-state index contributed by atoms with van der Waals surface area (Å²) in [6.07, 6.45) is 7.32. The largest absolute Gasteiger partial charge is 0.363 e. The molecular weight excluding hydrogens is 246 g/mol. The Kier molecular flexibility index (Phi) is 2.60. The summed E-state index contributed by atoms with van der Waals surface area (Å²) >= 11 is 0. The quantitative estimate of drug-likeness (QED) is 0.860. The zero-order chi connectivity index (χ0) is 13.5. The average Bonchev–Trinajstić information content (AvgIpc) is 2.89. The third-order valence-electron chi connectivity index (χ3n) is 4.14. The number of hydrogen-bond acceptors (Lipinski definition) is 3. The first kappa shape index (κ1) is 11.7. The molecule has 1 saturated heterocycles. The summed E-state index contributed by atoms with van der Waals surface area (Å²) in [6, 6.07) is 10.8. The van der Waals surface area contributed by atoms with Crippen LogP contribution in [-0.4, -0.2) is 24.1 Å². The van der Waals surface area contributed by atoms with Gasteiger partial charge in [-0.3, -0.25) is 4.98 Å². The predicted molar refractivity (Wildman–Crippen MR) is 82.7 cm³/mol. The molecule has 0 amide bonds. The molecule has 2 aliphatic rings. The van der Waals surface area contributed by atoms with Crippen LogP contribution in [0.4, 0.5) is 5.69 Å². The Balaban J connectivity index is 1.69. The number of nitrogens with zero attached hydrogens (tertiary/aromatic N) is 2. The van der Waals surface area contributed by atoms with Crippen molar-refractivity contribution in [1.29, 1.82) is 0 Å². The number of benzene rings is 1. The van der Waals surface area contributed by atoms with Crippen molar-refractivity contribution in [3.63, 3.8) is 0 Å². The van der Waals surface area contributed by atoms with Crippen LogP contribution in [0.3, 0.4) is 0 Å². The van der Waals surface area contributed by atoms with E-state index in [1.54, 1.807) is 0 Å². The predicted octanol–water partition coefficient (Wildman–Crippen LogP) is 2.64. The molecule has 1 aromatic heterocycles. The van der Waals surface area contributed by atoms with Gasteiger partial charge in [0.15, 0.2) is 0 Å². The lowest BCUT2D eigenvalue weighted by atomic mass is 9.98. The van der Waals surface area contributed by atoms with E-state index in [9.17, 15) is 0 Å². The Hall–Kier alpha value is -2.13. The van der Waals surface area contributed by atoms with Crippen LogP contribution in [0.2, 0.25) is 0 Å². The summed E-state index contributed by atoms with van der Waals surface area (Å²) in [7, 11) is 0. The second-order valence-electron chi connectivity index (χ2n) is 5.56. The maximum atomic E-state index is 6.00. The van der Waals surface area contributed by atoms with Gasteiger partial charge in [0, 0.05) is 36.4 Å². The van der Waals surface area contributed by atoms with Crippen molar-refractivity contribution in [2.45, 2.75) is 12.5 Å². The van der Waals surface area contributed by atoms with E-state index in [1.165, 1.54) is 22.2 Å². The molecule has 2 N–H and O–H groups in total. The Morgan fingerprint density at radius 1 is 1.15 bits per heavy atom. The molecule has 1 aliphatic heterocycles. The fraction of sp³-hybridized carbons (Fsp3) is 0.235. The lowest BCUT2D eigenvalue weighted by Crippen LogP contribution is -2.19. The highest BCUT2D eigenvalue weighted by Gasteiger charge is 2.24. The lowest BCUT2D eigenvalue weighted by molar-refractivity contribution is 0.810. The first-order valence-electron chi connectivity index (χ1n) is 7.05. The maximum absolute atomic E-state index is 6.00. The van der Waals surface area contributed by atoms with E-state index in [4.69, 9.17) is 5.73 Å². The van der Waals surface area contributed by atoms with Crippen LogP contribution in [0.15, 0.2) is 59.8 Å². The highest BCUT2D eigenvalue weighted by molar-refractivity contribution is 5.82. The molecule has 1 fully saturated rings. The highest BCUT2D eigenvalue weighted by atomic mass is 15.1. The number of aromatic nitrogens is 1. The number of hydrogen-bond donors (Lipinski definition) is 1. The normalized spacial score (nSPS) is 21.6. The molecule has 100 valence electrons. The Bertz CT molecular complexity index is 730. The van der Waals surface area contributed by atoms with Crippen molar-refractivity contribution in [1.82, 2.24) is 4.98 Å². The van der Waals surface area contributed by atoms with Crippen LogP contribution >= 0.6 is 0 Å². The van der Waals surface area contributed by atoms with Crippen molar-refractivity contribution in [2.24, 2.45) is 5.73 Å². The van der Waals surface area contributed by atoms with Crippen LogP contribution in [0.1, 0.15) is 6.42 Å². The first-order chi connectivity index (χ1) is 9.79. The molecule has 0 radical (unpaired) electrons. The molecule has 4 rings (SSSR count). The van der Waals surface area contributed by atoms with Crippen molar-refractivity contribution in [3.05, 3.63) is 59.8 Å². The number of fused-ring (bicyclic) bond motifs is 2. The van der Waals surface area contributed by atoms with E-state index in [0.717, 1.165) is 25.0 Å². The number of nitrogens with two attached hydrogens (primary N) is 1. The van der Waals surface area contributed by atoms with E-state index in [-0.39, 0.29) is 6.04 Å². The molecule has 2 heterocycles. The van der Waals surface area contributed by atoms with Gasteiger partial charge in [-0.2, -0.15) is 0 Å². The Morgan fingerprint density at radius 3 is 3.00 bits per heavy atom. The van der Waals surface area contributed by atoms with Crippen LogP contribution in [0, 0.1) is 0 Å². The molecule has 0 spiro atoms. The van der Waals surface area contributed by atoms with Crippen molar-refractivity contribution >= 4 is 16.6 Å². The fourth-order valence-corrected chi connectivity index (χ4v) is 3.07. The standard InChI is InChI=1S/C17H17N3/c18-15-4-3-13-10-20(11-14(13)8-15)16-5-6-17-12(9-16)2-1-7-19-17/h1-3,5-9,15H,4,10-11,18H2. The second kappa shape index (κ2) is 4.46. The molecule has 1 unspecified atom stereocenters. The van der Waals surface area contributed by atoms with E-state index in [1.807, 2.05) is 12.3 Å². The summed E-state index contributed by atoms with van der Waals surface area (Å²) in [5, 5.41) is 1.19. The van der Waals surface area contributed by atoms with Crippen molar-refractivity contribution in [2.75, 3.05) is 18.0 Å². The zero-order valence-electron chi connectivity index (χ0n) is 11.3. The van der Waals surface area contributed by atoms with Gasteiger partial charge in [-0.15, -0.1) is 0 Å². The number of pyridine rings is 1. The molecule has 1 aromatic carbocycles. The van der Waals surface area contributed by atoms with Gasteiger partial charge < -0.3 is 10.6 Å². The van der Waals surface area contributed by atoms with Gasteiger partial charge in [0.2, 0.25) is 0 Å².